The Labute approximate surface area is 101 Å². The van der Waals surface area contributed by atoms with Crippen molar-refractivity contribution >= 4 is 5.97 Å². The smallest absolute Gasteiger partial charge is 0.302 e. The highest BCUT2D eigenvalue weighted by Crippen LogP contribution is 1.98. The summed E-state index contributed by atoms with van der Waals surface area (Å²) < 4.78 is 9.57. The summed E-state index contributed by atoms with van der Waals surface area (Å²) in [4.78, 5) is 10.2. The van der Waals surface area contributed by atoms with E-state index in [0.29, 0.717) is 12.5 Å². The van der Waals surface area contributed by atoms with Crippen LogP contribution in [0.15, 0.2) is 0 Å². The molecule has 0 N–H and O–H groups in total. The largest absolute Gasteiger partial charge is 0.466 e. The van der Waals surface area contributed by atoms with E-state index in [9.17, 15) is 4.79 Å². The van der Waals surface area contributed by atoms with Crippen LogP contribution in [0.3, 0.4) is 0 Å². The van der Waals surface area contributed by atoms with Crippen molar-refractivity contribution in [2.24, 2.45) is 11.8 Å². The standard InChI is InChI=1S/C7H14O2.C6H14O/c1-6(2)4-5-9-7(3)8;1-6(2)4-5-7-3/h6H,4-5H2,1-3H3;6H,4-5H2,1-3H3. The maximum atomic E-state index is 10.2. The molecule has 0 radical (unpaired) electrons. The first-order valence-electron chi connectivity index (χ1n) is 6.02. The molecule has 0 aromatic heterocycles. The van der Waals surface area contributed by atoms with Crippen LogP contribution in [0.25, 0.3) is 0 Å². The molecule has 0 aromatic rings. The zero-order valence-corrected chi connectivity index (χ0v) is 11.7. The van der Waals surface area contributed by atoms with Gasteiger partial charge in [-0.3, -0.25) is 4.79 Å². The van der Waals surface area contributed by atoms with Crippen molar-refractivity contribution < 1.29 is 14.3 Å². The lowest BCUT2D eigenvalue weighted by Gasteiger charge is -2.02. The maximum Gasteiger partial charge on any atom is 0.302 e. The van der Waals surface area contributed by atoms with Crippen molar-refractivity contribution in [2.45, 2.75) is 47.5 Å². The number of rotatable bonds is 6. The fourth-order valence-electron chi connectivity index (χ4n) is 0.792. The summed E-state index contributed by atoms with van der Waals surface area (Å²) in [6.45, 7) is 11.5. The Kier molecular flexibility index (Phi) is 13.9. The molecule has 0 rings (SSSR count). The summed E-state index contributed by atoms with van der Waals surface area (Å²) in [7, 11) is 1.74. The predicted molar refractivity (Wildman–Crippen MR) is 67.4 cm³/mol. The minimum Gasteiger partial charge on any atom is -0.466 e. The molecule has 0 aliphatic carbocycles. The van der Waals surface area contributed by atoms with Crippen molar-refractivity contribution in [2.75, 3.05) is 20.3 Å². The second kappa shape index (κ2) is 12.5. The Balaban J connectivity index is 0. The van der Waals surface area contributed by atoms with Crippen LogP contribution in [0.4, 0.5) is 0 Å². The minimum atomic E-state index is -0.185. The van der Waals surface area contributed by atoms with Gasteiger partial charge in [-0.2, -0.15) is 0 Å². The average molecular weight is 232 g/mol. The average Bonchev–Trinajstić information content (AvgIpc) is 2.14. The number of ether oxygens (including phenoxy) is 2. The Morgan fingerprint density at radius 1 is 1.00 bits per heavy atom. The van der Waals surface area contributed by atoms with Gasteiger partial charge in [-0.05, 0) is 24.7 Å². The number of carbonyl (C=O) groups excluding carboxylic acids is 1. The van der Waals surface area contributed by atoms with E-state index >= 15 is 0 Å². The third kappa shape index (κ3) is 23.3. The summed E-state index contributed by atoms with van der Waals surface area (Å²) in [5, 5.41) is 0. The second-order valence-corrected chi connectivity index (χ2v) is 4.70. The molecule has 3 nitrogen and oxygen atoms in total. The molecular formula is C13H28O3. The molecule has 3 heteroatoms. The summed E-state index contributed by atoms with van der Waals surface area (Å²) in [6.07, 6.45) is 2.14. The minimum absolute atomic E-state index is 0.185. The Bertz CT molecular complexity index is 153. The lowest BCUT2D eigenvalue weighted by atomic mass is 10.1. The van der Waals surface area contributed by atoms with Crippen molar-refractivity contribution in [3.05, 3.63) is 0 Å². The van der Waals surface area contributed by atoms with Gasteiger partial charge in [0.05, 0.1) is 6.61 Å². The number of hydrogen-bond acceptors (Lipinski definition) is 3. The molecule has 0 saturated heterocycles. The monoisotopic (exact) mass is 232 g/mol. The normalized spacial score (nSPS) is 10.0. The predicted octanol–water partition coefficient (Wildman–Crippen LogP) is 3.27. The number of methoxy groups -OCH3 is 1. The molecular weight excluding hydrogens is 204 g/mol. The lowest BCUT2D eigenvalue weighted by Crippen LogP contribution is -2.02. The molecule has 0 aromatic carbocycles. The van der Waals surface area contributed by atoms with Gasteiger partial charge in [-0.1, -0.05) is 27.7 Å². The van der Waals surface area contributed by atoms with Crippen LogP contribution in [0.5, 0.6) is 0 Å². The van der Waals surface area contributed by atoms with Gasteiger partial charge in [-0.25, -0.2) is 0 Å². The molecule has 98 valence electrons. The summed E-state index contributed by atoms with van der Waals surface area (Å²) >= 11 is 0. The molecule has 0 spiro atoms. The van der Waals surface area contributed by atoms with Gasteiger partial charge in [0.15, 0.2) is 0 Å². The quantitative estimate of drug-likeness (QED) is 0.659. The maximum absolute atomic E-state index is 10.2. The van der Waals surface area contributed by atoms with Gasteiger partial charge >= 0.3 is 5.97 Å². The third-order valence-electron chi connectivity index (χ3n) is 1.90. The molecule has 0 saturated carbocycles. The van der Waals surface area contributed by atoms with E-state index in [-0.39, 0.29) is 5.97 Å². The van der Waals surface area contributed by atoms with Crippen LogP contribution in [0, 0.1) is 11.8 Å². The highest BCUT2D eigenvalue weighted by molar-refractivity contribution is 5.65. The molecule has 0 aliphatic heterocycles. The molecule has 0 unspecified atom stereocenters. The van der Waals surface area contributed by atoms with Crippen LogP contribution in [-0.2, 0) is 14.3 Å². The summed E-state index contributed by atoms with van der Waals surface area (Å²) in [6, 6.07) is 0. The number of carbonyl (C=O) groups is 1. The van der Waals surface area contributed by atoms with Gasteiger partial charge < -0.3 is 9.47 Å². The van der Waals surface area contributed by atoms with E-state index in [1.165, 1.54) is 13.3 Å². The van der Waals surface area contributed by atoms with Crippen molar-refractivity contribution in [3.8, 4) is 0 Å². The van der Waals surface area contributed by atoms with Crippen molar-refractivity contribution in [1.82, 2.24) is 0 Å². The van der Waals surface area contributed by atoms with Gasteiger partial charge in [0.2, 0.25) is 0 Å². The van der Waals surface area contributed by atoms with Gasteiger partial charge in [0, 0.05) is 20.6 Å². The highest BCUT2D eigenvalue weighted by Gasteiger charge is 1.95. The number of hydrogen-bond donors (Lipinski definition) is 0. The number of esters is 1. The zero-order valence-electron chi connectivity index (χ0n) is 11.7. The molecule has 0 heterocycles. The van der Waals surface area contributed by atoms with Crippen molar-refractivity contribution in [3.63, 3.8) is 0 Å². The topological polar surface area (TPSA) is 35.5 Å². The molecule has 0 bridgehead atoms. The van der Waals surface area contributed by atoms with E-state index in [1.807, 2.05) is 0 Å². The van der Waals surface area contributed by atoms with Gasteiger partial charge in [0.25, 0.3) is 0 Å². The summed E-state index contributed by atoms with van der Waals surface area (Å²) in [5.74, 6) is 1.21. The highest BCUT2D eigenvalue weighted by atomic mass is 16.5. The van der Waals surface area contributed by atoms with E-state index < -0.39 is 0 Å². The fraction of sp³-hybridized carbons (Fsp3) is 0.923. The first-order valence-corrected chi connectivity index (χ1v) is 6.02. The molecule has 0 fully saturated rings. The Hall–Kier alpha value is -0.570. The van der Waals surface area contributed by atoms with Crippen LogP contribution >= 0.6 is 0 Å². The van der Waals surface area contributed by atoms with Crippen molar-refractivity contribution in [1.29, 1.82) is 0 Å². The van der Waals surface area contributed by atoms with E-state index in [1.54, 1.807) is 7.11 Å². The Morgan fingerprint density at radius 3 is 1.69 bits per heavy atom. The van der Waals surface area contributed by atoms with Crippen LogP contribution in [0.1, 0.15) is 47.5 Å². The van der Waals surface area contributed by atoms with Crippen LogP contribution in [0.2, 0.25) is 0 Å². The van der Waals surface area contributed by atoms with Gasteiger partial charge in [0.1, 0.15) is 0 Å². The molecule has 16 heavy (non-hydrogen) atoms. The van der Waals surface area contributed by atoms with Crippen LogP contribution in [-0.4, -0.2) is 26.3 Å². The SMILES string of the molecule is CC(=O)OCCC(C)C.COCCC(C)C. The first kappa shape index (κ1) is 17.8. The van der Waals surface area contributed by atoms with E-state index in [2.05, 4.69) is 27.7 Å². The third-order valence-corrected chi connectivity index (χ3v) is 1.90. The Morgan fingerprint density at radius 2 is 1.44 bits per heavy atom. The van der Waals surface area contributed by atoms with E-state index in [0.717, 1.165) is 18.9 Å². The van der Waals surface area contributed by atoms with E-state index in [4.69, 9.17) is 9.47 Å². The van der Waals surface area contributed by atoms with Gasteiger partial charge in [-0.15, -0.1) is 0 Å². The lowest BCUT2D eigenvalue weighted by molar-refractivity contribution is -0.141. The van der Waals surface area contributed by atoms with Crippen LogP contribution < -0.4 is 0 Å². The first-order chi connectivity index (χ1) is 7.40. The summed E-state index contributed by atoms with van der Waals surface area (Å²) in [5.41, 5.74) is 0. The molecule has 0 aliphatic rings. The second-order valence-electron chi connectivity index (χ2n) is 4.70. The molecule has 0 amide bonds. The fourth-order valence-corrected chi connectivity index (χ4v) is 0.792. The zero-order chi connectivity index (χ0) is 13.0. The molecule has 0 atom stereocenters.